The van der Waals surface area contributed by atoms with Crippen molar-refractivity contribution < 1.29 is 19.4 Å². The van der Waals surface area contributed by atoms with E-state index in [2.05, 4.69) is 15.5 Å². The monoisotopic (exact) mass is 311 g/mol. The zero-order valence-electron chi connectivity index (χ0n) is 11.2. The van der Waals surface area contributed by atoms with Crippen LogP contribution < -0.4 is 5.32 Å². The van der Waals surface area contributed by atoms with E-state index in [1.807, 2.05) is 0 Å². The van der Waals surface area contributed by atoms with E-state index in [9.17, 15) is 14.3 Å². The summed E-state index contributed by atoms with van der Waals surface area (Å²) in [6.07, 6.45) is 0.509. The quantitative estimate of drug-likeness (QED) is 0.748. The van der Waals surface area contributed by atoms with Crippen LogP contribution in [0.15, 0.2) is 24.3 Å². The van der Waals surface area contributed by atoms with E-state index < -0.39 is 11.6 Å². The number of carboxylic acids is 1. The Bertz CT molecular complexity index is 628. The van der Waals surface area contributed by atoms with Gasteiger partial charge in [-0.15, -0.1) is 10.2 Å². The Balaban J connectivity index is 1.95. The van der Waals surface area contributed by atoms with E-state index in [4.69, 9.17) is 5.11 Å². The molecule has 1 heterocycles. The number of nitrogens with one attached hydrogen (secondary N) is 1. The third kappa shape index (κ3) is 4.20. The summed E-state index contributed by atoms with van der Waals surface area (Å²) < 4.78 is 12.8. The van der Waals surface area contributed by atoms with Gasteiger partial charge in [0, 0.05) is 6.42 Å². The van der Waals surface area contributed by atoms with Crippen LogP contribution in [0.2, 0.25) is 0 Å². The van der Waals surface area contributed by atoms with Crippen LogP contribution >= 0.6 is 11.3 Å². The molecule has 0 amide bonds. The number of carbonyl (C=O) groups is 1. The third-order valence-electron chi connectivity index (χ3n) is 2.78. The molecule has 1 unspecified atom stereocenters. The minimum atomic E-state index is -1.87. The highest BCUT2D eigenvalue weighted by atomic mass is 32.1. The standard InChI is InChI=1S/C13H14FN3O3S/c1-13(20,11(18)19)7-15-12-17-16-10(21-12)6-8-2-4-9(14)5-3-8/h2-5,20H,6-7H2,1H3,(H,15,17)(H,18,19). The van der Waals surface area contributed by atoms with E-state index in [0.717, 1.165) is 5.56 Å². The molecule has 0 saturated carbocycles. The van der Waals surface area contributed by atoms with Crippen molar-refractivity contribution in [3.05, 3.63) is 40.7 Å². The highest BCUT2D eigenvalue weighted by Gasteiger charge is 2.29. The van der Waals surface area contributed by atoms with E-state index in [1.165, 1.54) is 30.4 Å². The molecule has 1 atom stereocenters. The van der Waals surface area contributed by atoms with Crippen LogP contribution in [0, 0.1) is 5.82 Å². The van der Waals surface area contributed by atoms with Gasteiger partial charge in [0.05, 0.1) is 6.54 Å². The van der Waals surface area contributed by atoms with Gasteiger partial charge in [-0.3, -0.25) is 0 Å². The fraction of sp³-hybridized carbons (Fsp3) is 0.308. The van der Waals surface area contributed by atoms with Gasteiger partial charge < -0.3 is 15.5 Å². The second-order valence-corrected chi connectivity index (χ2v) is 5.80. The Labute approximate surface area is 124 Å². The molecule has 0 aliphatic rings. The second kappa shape index (κ2) is 6.15. The Morgan fingerprint density at radius 2 is 2.05 bits per heavy atom. The molecule has 112 valence electrons. The largest absolute Gasteiger partial charge is 0.479 e. The van der Waals surface area contributed by atoms with Crippen molar-refractivity contribution in [1.82, 2.24) is 10.2 Å². The molecule has 0 fully saturated rings. The van der Waals surface area contributed by atoms with Crippen LogP contribution in [0.5, 0.6) is 0 Å². The number of benzene rings is 1. The van der Waals surface area contributed by atoms with E-state index in [1.54, 1.807) is 12.1 Å². The number of aromatic nitrogens is 2. The second-order valence-electron chi connectivity index (χ2n) is 4.74. The van der Waals surface area contributed by atoms with Crippen molar-refractivity contribution in [3.63, 3.8) is 0 Å². The molecule has 0 aliphatic carbocycles. The fourth-order valence-corrected chi connectivity index (χ4v) is 2.27. The van der Waals surface area contributed by atoms with Gasteiger partial charge in [-0.2, -0.15) is 0 Å². The summed E-state index contributed by atoms with van der Waals surface area (Å²) in [7, 11) is 0. The maximum absolute atomic E-state index is 12.8. The highest BCUT2D eigenvalue weighted by Crippen LogP contribution is 2.19. The van der Waals surface area contributed by atoms with Crippen molar-refractivity contribution in [2.45, 2.75) is 18.9 Å². The molecular formula is C13H14FN3O3S. The molecule has 1 aromatic carbocycles. The first-order chi connectivity index (χ1) is 9.87. The lowest BCUT2D eigenvalue weighted by Gasteiger charge is -2.17. The SMILES string of the molecule is CC(O)(CNc1nnc(Cc2ccc(F)cc2)s1)C(=O)O. The molecule has 21 heavy (non-hydrogen) atoms. The fourth-order valence-electron chi connectivity index (χ4n) is 1.50. The number of aliphatic hydroxyl groups is 1. The summed E-state index contributed by atoms with van der Waals surface area (Å²) in [6.45, 7) is 1.02. The highest BCUT2D eigenvalue weighted by molar-refractivity contribution is 7.15. The molecule has 0 aliphatic heterocycles. The van der Waals surface area contributed by atoms with Crippen molar-refractivity contribution in [1.29, 1.82) is 0 Å². The lowest BCUT2D eigenvalue weighted by Crippen LogP contribution is -2.41. The molecule has 2 aromatic rings. The zero-order chi connectivity index (χ0) is 15.5. The molecule has 8 heteroatoms. The number of hydrogen-bond donors (Lipinski definition) is 3. The minimum Gasteiger partial charge on any atom is -0.479 e. The van der Waals surface area contributed by atoms with Crippen LogP contribution in [-0.4, -0.2) is 38.5 Å². The number of rotatable bonds is 6. The number of hydrogen-bond acceptors (Lipinski definition) is 6. The van der Waals surface area contributed by atoms with Gasteiger partial charge in [-0.05, 0) is 24.6 Å². The van der Waals surface area contributed by atoms with Crippen molar-refractivity contribution in [2.75, 3.05) is 11.9 Å². The molecule has 1 aromatic heterocycles. The van der Waals surface area contributed by atoms with Crippen LogP contribution in [-0.2, 0) is 11.2 Å². The van der Waals surface area contributed by atoms with Gasteiger partial charge in [0.15, 0.2) is 5.60 Å². The maximum atomic E-state index is 12.8. The summed E-state index contributed by atoms with van der Waals surface area (Å²) in [5.74, 6) is -1.61. The van der Waals surface area contributed by atoms with Crippen LogP contribution in [0.3, 0.4) is 0 Å². The molecule has 0 spiro atoms. The normalized spacial score (nSPS) is 13.7. The Kier molecular flexibility index (Phi) is 4.49. The van der Waals surface area contributed by atoms with Gasteiger partial charge >= 0.3 is 5.97 Å². The zero-order valence-corrected chi connectivity index (χ0v) is 12.0. The first-order valence-corrected chi connectivity index (χ1v) is 6.95. The molecule has 0 radical (unpaired) electrons. The topological polar surface area (TPSA) is 95.3 Å². The summed E-state index contributed by atoms with van der Waals surface area (Å²) >= 11 is 1.25. The summed E-state index contributed by atoms with van der Waals surface area (Å²) in [5, 5.41) is 30.1. The van der Waals surface area contributed by atoms with Crippen LogP contribution in [0.1, 0.15) is 17.5 Å². The summed E-state index contributed by atoms with van der Waals surface area (Å²) in [5.41, 5.74) is -0.973. The molecular weight excluding hydrogens is 297 g/mol. The van der Waals surface area contributed by atoms with E-state index in [0.29, 0.717) is 16.6 Å². The van der Waals surface area contributed by atoms with Crippen molar-refractivity contribution >= 4 is 22.4 Å². The van der Waals surface area contributed by atoms with Gasteiger partial charge in [0.25, 0.3) is 0 Å². The number of nitrogens with zero attached hydrogens (tertiary/aromatic N) is 2. The van der Waals surface area contributed by atoms with E-state index in [-0.39, 0.29) is 12.4 Å². The lowest BCUT2D eigenvalue weighted by molar-refractivity contribution is -0.155. The molecule has 0 bridgehead atoms. The average molecular weight is 311 g/mol. The minimum absolute atomic E-state index is 0.173. The van der Waals surface area contributed by atoms with Gasteiger partial charge in [0.2, 0.25) is 5.13 Å². The van der Waals surface area contributed by atoms with Gasteiger partial charge in [-0.1, -0.05) is 23.5 Å². The Hall–Kier alpha value is -2.06. The lowest BCUT2D eigenvalue weighted by atomic mass is 10.1. The molecule has 0 saturated heterocycles. The summed E-state index contributed by atoms with van der Waals surface area (Å²) in [6, 6.07) is 6.08. The molecule has 2 rings (SSSR count). The number of anilines is 1. The van der Waals surface area contributed by atoms with Crippen LogP contribution in [0.4, 0.5) is 9.52 Å². The average Bonchev–Trinajstić information content (AvgIpc) is 2.87. The predicted molar refractivity (Wildman–Crippen MR) is 75.9 cm³/mol. The maximum Gasteiger partial charge on any atom is 0.337 e. The first-order valence-electron chi connectivity index (χ1n) is 6.13. The molecule has 6 nitrogen and oxygen atoms in total. The Morgan fingerprint density at radius 1 is 1.38 bits per heavy atom. The first kappa shape index (κ1) is 15.3. The third-order valence-corrected chi connectivity index (χ3v) is 3.66. The Morgan fingerprint density at radius 3 is 2.67 bits per heavy atom. The smallest absolute Gasteiger partial charge is 0.337 e. The van der Waals surface area contributed by atoms with Gasteiger partial charge in [-0.25, -0.2) is 9.18 Å². The number of aliphatic carboxylic acids is 1. The molecule has 3 N–H and O–H groups in total. The van der Waals surface area contributed by atoms with Gasteiger partial charge in [0.1, 0.15) is 10.8 Å². The number of halogens is 1. The van der Waals surface area contributed by atoms with Crippen molar-refractivity contribution in [2.24, 2.45) is 0 Å². The van der Waals surface area contributed by atoms with Crippen LogP contribution in [0.25, 0.3) is 0 Å². The number of carboxylic acid groups (broad SMARTS) is 1. The summed E-state index contributed by atoms with van der Waals surface area (Å²) in [4.78, 5) is 10.8. The van der Waals surface area contributed by atoms with E-state index >= 15 is 0 Å². The predicted octanol–water partition coefficient (Wildman–Crippen LogP) is 1.52. The van der Waals surface area contributed by atoms with Crippen molar-refractivity contribution in [3.8, 4) is 0 Å².